The van der Waals surface area contributed by atoms with Gasteiger partial charge in [0.15, 0.2) is 0 Å². The first kappa shape index (κ1) is 12.7. The first-order valence-electron chi connectivity index (χ1n) is 5.40. The second-order valence-corrected chi connectivity index (χ2v) is 4.08. The van der Waals surface area contributed by atoms with E-state index in [1.165, 1.54) is 18.2 Å². The van der Waals surface area contributed by atoms with Crippen LogP contribution < -0.4 is 5.32 Å². The third-order valence-corrected chi connectivity index (χ3v) is 2.55. The molecule has 0 aliphatic heterocycles. The largest absolute Gasteiger partial charge is 0.375 e. The molecule has 3 heteroatoms. The first-order valence-corrected chi connectivity index (χ1v) is 5.40. The molecule has 1 aromatic carbocycles. The topological polar surface area (TPSA) is 38.3 Å². The maximum absolute atomic E-state index is 11.4. The molecule has 88 valence electrons. The van der Waals surface area contributed by atoms with Crippen LogP contribution in [0, 0.1) is 13.8 Å². The summed E-state index contributed by atoms with van der Waals surface area (Å²) in [4.78, 5) is 11.4. The summed E-state index contributed by atoms with van der Waals surface area (Å²) in [6, 6.07) is 6.27. The van der Waals surface area contributed by atoms with E-state index in [0.717, 1.165) is 5.56 Å². The average molecular weight is 221 g/mol. The second kappa shape index (κ2) is 5.66. The predicted molar refractivity (Wildman–Crippen MR) is 64.3 cm³/mol. The Hall–Kier alpha value is -1.35. The van der Waals surface area contributed by atoms with Crippen molar-refractivity contribution >= 4 is 5.91 Å². The van der Waals surface area contributed by atoms with Crippen molar-refractivity contribution in [1.82, 2.24) is 5.32 Å². The Bertz CT molecular complexity index is 374. The van der Waals surface area contributed by atoms with Gasteiger partial charge >= 0.3 is 0 Å². The third kappa shape index (κ3) is 3.35. The van der Waals surface area contributed by atoms with E-state index in [-0.39, 0.29) is 18.6 Å². The van der Waals surface area contributed by atoms with Crippen molar-refractivity contribution in [2.24, 2.45) is 0 Å². The van der Waals surface area contributed by atoms with E-state index in [0.29, 0.717) is 0 Å². The minimum atomic E-state index is -0.0871. The summed E-state index contributed by atoms with van der Waals surface area (Å²) >= 11 is 0. The maximum Gasteiger partial charge on any atom is 0.246 e. The Morgan fingerprint density at radius 2 is 2.12 bits per heavy atom. The number of benzene rings is 1. The third-order valence-electron chi connectivity index (χ3n) is 2.55. The summed E-state index contributed by atoms with van der Waals surface area (Å²) in [6.45, 7) is 6.19. The van der Waals surface area contributed by atoms with Crippen molar-refractivity contribution in [2.45, 2.75) is 26.8 Å². The summed E-state index contributed by atoms with van der Waals surface area (Å²) in [5.41, 5.74) is 3.55. The van der Waals surface area contributed by atoms with Gasteiger partial charge in [-0.1, -0.05) is 23.8 Å². The van der Waals surface area contributed by atoms with Crippen LogP contribution in [0.4, 0.5) is 0 Å². The van der Waals surface area contributed by atoms with Crippen LogP contribution in [0.2, 0.25) is 0 Å². The van der Waals surface area contributed by atoms with Gasteiger partial charge in [-0.2, -0.15) is 0 Å². The lowest BCUT2D eigenvalue weighted by atomic mass is 10.00. The highest BCUT2D eigenvalue weighted by molar-refractivity contribution is 5.77. The fraction of sp³-hybridized carbons (Fsp3) is 0.462. The fourth-order valence-corrected chi connectivity index (χ4v) is 1.72. The lowest BCUT2D eigenvalue weighted by molar-refractivity contribution is -0.125. The van der Waals surface area contributed by atoms with Crippen molar-refractivity contribution in [3.8, 4) is 0 Å². The van der Waals surface area contributed by atoms with Gasteiger partial charge in [0, 0.05) is 7.11 Å². The second-order valence-electron chi connectivity index (χ2n) is 4.08. The highest BCUT2D eigenvalue weighted by Crippen LogP contribution is 2.18. The summed E-state index contributed by atoms with van der Waals surface area (Å²) < 4.78 is 4.78. The number of nitrogens with one attached hydrogen (secondary N) is 1. The number of carbonyl (C=O) groups excluding carboxylic acids is 1. The minimum Gasteiger partial charge on any atom is -0.375 e. The molecule has 16 heavy (non-hydrogen) atoms. The van der Waals surface area contributed by atoms with E-state index in [4.69, 9.17) is 4.74 Å². The van der Waals surface area contributed by atoms with Gasteiger partial charge in [-0.25, -0.2) is 0 Å². The molecule has 0 saturated carbocycles. The van der Waals surface area contributed by atoms with Gasteiger partial charge in [-0.15, -0.1) is 0 Å². The summed E-state index contributed by atoms with van der Waals surface area (Å²) in [7, 11) is 1.52. The molecule has 0 bridgehead atoms. The molecule has 3 nitrogen and oxygen atoms in total. The molecular formula is C13H19NO2. The van der Waals surface area contributed by atoms with E-state index < -0.39 is 0 Å². The van der Waals surface area contributed by atoms with Crippen LogP contribution in [0.25, 0.3) is 0 Å². The van der Waals surface area contributed by atoms with E-state index >= 15 is 0 Å². The molecule has 0 fully saturated rings. The summed E-state index contributed by atoms with van der Waals surface area (Å²) in [5.74, 6) is -0.0871. The summed E-state index contributed by atoms with van der Waals surface area (Å²) in [6.07, 6.45) is 0. The number of hydrogen-bond acceptors (Lipinski definition) is 2. The molecule has 1 N–H and O–H groups in total. The zero-order valence-electron chi connectivity index (χ0n) is 10.3. The van der Waals surface area contributed by atoms with Crippen LogP contribution in [-0.4, -0.2) is 19.6 Å². The normalized spacial score (nSPS) is 12.2. The van der Waals surface area contributed by atoms with E-state index in [1.807, 2.05) is 20.8 Å². The van der Waals surface area contributed by atoms with Crippen LogP contribution in [-0.2, 0) is 9.53 Å². The molecule has 1 amide bonds. The first-order chi connectivity index (χ1) is 7.54. The average Bonchev–Trinajstić information content (AvgIpc) is 2.21. The smallest absolute Gasteiger partial charge is 0.246 e. The molecule has 1 rings (SSSR count). The Kier molecular flexibility index (Phi) is 4.50. The van der Waals surface area contributed by atoms with Crippen LogP contribution >= 0.6 is 0 Å². The quantitative estimate of drug-likeness (QED) is 0.845. The molecule has 0 radical (unpaired) electrons. The van der Waals surface area contributed by atoms with Crippen LogP contribution in [0.15, 0.2) is 18.2 Å². The number of rotatable bonds is 4. The Balaban J connectivity index is 2.76. The minimum absolute atomic E-state index is 0.0162. The molecule has 0 heterocycles. The van der Waals surface area contributed by atoms with Crippen molar-refractivity contribution in [1.29, 1.82) is 0 Å². The van der Waals surface area contributed by atoms with E-state index in [9.17, 15) is 4.79 Å². The number of aryl methyl sites for hydroxylation is 2. The standard InChI is InChI=1S/C13H19NO2/c1-9-5-6-10(2)12(7-9)11(3)14-13(15)8-16-4/h5-7,11H,8H2,1-4H3,(H,14,15)/t11-/m1/s1. The number of methoxy groups -OCH3 is 1. The van der Waals surface area contributed by atoms with Crippen molar-refractivity contribution < 1.29 is 9.53 Å². The van der Waals surface area contributed by atoms with E-state index in [2.05, 4.69) is 23.5 Å². The van der Waals surface area contributed by atoms with Gasteiger partial charge in [-0.3, -0.25) is 4.79 Å². The number of carbonyl (C=O) groups is 1. The Morgan fingerprint density at radius 1 is 1.44 bits per heavy atom. The molecule has 0 aromatic heterocycles. The maximum atomic E-state index is 11.4. The molecule has 0 aliphatic carbocycles. The lowest BCUT2D eigenvalue weighted by Gasteiger charge is -2.17. The van der Waals surface area contributed by atoms with Gasteiger partial charge < -0.3 is 10.1 Å². The molecule has 0 unspecified atom stereocenters. The molecule has 0 spiro atoms. The van der Waals surface area contributed by atoms with Gasteiger partial charge in [0.2, 0.25) is 5.91 Å². The van der Waals surface area contributed by atoms with Gasteiger partial charge in [0.1, 0.15) is 6.61 Å². The molecule has 0 aliphatic rings. The van der Waals surface area contributed by atoms with Crippen LogP contribution in [0.5, 0.6) is 0 Å². The van der Waals surface area contributed by atoms with Gasteiger partial charge in [0.05, 0.1) is 6.04 Å². The molecular weight excluding hydrogens is 202 g/mol. The Labute approximate surface area is 96.8 Å². The van der Waals surface area contributed by atoms with Gasteiger partial charge in [-0.05, 0) is 31.9 Å². The monoisotopic (exact) mass is 221 g/mol. The number of ether oxygens (including phenoxy) is 1. The highest BCUT2D eigenvalue weighted by atomic mass is 16.5. The summed E-state index contributed by atoms with van der Waals surface area (Å²) in [5, 5.41) is 2.90. The van der Waals surface area contributed by atoms with Crippen LogP contribution in [0.3, 0.4) is 0 Å². The molecule has 1 atom stereocenters. The zero-order valence-corrected chi connectivity index (χ0v) is 10.3. The van der Waals surface area contributed by atoms with Gasteiger partial charge in [0.25, 0.3) is 0 Å². The highest BCUT2D eigenvalue weighted by Gasteiger charge is 2.11. The zero-order chi connectivity index (χ0) is 12.1. The number of amides is 1. The lowest BCUT2D eigenvalue weighted by Crippen LogP contribution is -2.30. The SMILES string of the molecule is COCC(=O)N[C@H](C)c1cc(C)ccc1C. The molecule has 1 aromatic rings. The Morgan fingerprint density at radius 3 is 2.75 bits per heavy atom. The fourth-order valence-electron chi connectivity index (χ4n) is 1.72. The van der Waals surface area contributed by atoms with Crippen molar-refractivity contribution in [2.75, 3.05) is 13.7 Å². The van der Waals surface area contributed by atoms with Crippen molar-refractivity contribution in [3.05, 3.63) is 34.9 Å². The molecule has 0 saturated heterocycles. The van der Waals surface area contributed by atoms with Crippen molar-refractivity contribution in [3.63, 3.8) is 0 Å². The predicted octanol–water partition coefficient (Wildman–Crippen LogP) is 2.13. The number of hydrogen-bond donors (Lipinski definition) is 1. The van der Waals surface area contributed by atoms with Crippen LogP contribution in [0.1, 0.15) is 29.7 Å². The van der Waals surface area contributed by atoms with E-state index in [1.54, 1.807) is 0 Å².